The average molecular weight is 523 g/mol. The summed E-state index contributed by atoms with van der Waals surface area (Å²) in [5, 5.41) is 8.61. The first-order valence-electron chi connectivity index (χ1n) is 11.0. The van der Waals surface area contributed by atoms with Crippen molar-refractivity contribution in [2.45, 2.75) is 76.9 Å². The first-order valence-corrected chi connectivity index (χ1v) is 12.1. The van der Waals surface area contributed by atoms with Gasteiger partial charge in [0.25, 0.3) is 0 Å². The molecular weight excluding hydrogens is 489 g/mol. The van der Waals surface area contributed by atoms with Crippen LogP contribution in [0.2, 0.25) is 0 Å². The van der Waals surface area contributed by atoms with Crippen molar-refractivity contribution in [3.63, 3.8) is 0 Å². The van der Waals surface area contributed by atoms with Crippen molar-refractivity contribution in [3.8, 4) is 5.75 Å². The topological polar surface area (TPSA) is 62.3 Å². The minimum atomic E-state index is 0.0744. The lowest BCUT2D eigenvalue weighted by atomic mass is 9.79. The number of anilines is 2. The Hall–Kier alpha value is -1.35. The Kier molecular flexibility index (Phi) is 6.05. The second kappa shape index (κ2) is 8.30. The highest BCUT2D eigenvalue weighted by Gasteiger charge is 2.38. The molecule has 2 N–H and O–H groups in total. The highest BCUT2D eigenvalue weighted by atomic mass is 127. The highest BCUT2D eigenvalue weighted by Crippen LogP contribution is 2.35. The Morgan fingerprint density at radius 2 is 1.73 bits per heavy atom. The van der Waals surface area contributed by atoms with Gasteiger partial charge in [0.05, 0.1) is 16.2 Å². The van der Waals surface area contributed by atoms with E-state index in [4.69, 9.17) is 14.7 Å². The van der Waals surface area contributed by atoms with Gasteiger partial charge in [-0.25, -0.2) is 4.98 Å². The van der Waals surface area contributed by atoms with Gasteiger partial charge in [-0.05, 0) is 94.5 Å². The molecule has 2 aliphatic heterocycles. The molecule has 2 saturated heterocycles. The summed E-state index contributed by atoms with van der Waals surface area (Å²) >= 11 is 2.32. The number of benzene rings is 1. The molecule has 164 valence electrons. The summed E-state index contributed by atoms with van der Waals surface area (Å²) in [7, 11) is 1.72. The zero-order valence-electron chi connectivity index (χ0n) is 18.8. The molecule has 6 nitrogen and oxygen atoms in total. The Labute approximate surface area is 193 Å². The lowest BCUT2D eigenvalue weighted by Crippen LogP contribution is -2.60. The lowest BCUT2D eigenvalue weighted by Gasteiger charge is -2.46. The van der Waals surface area contributed by atoms with E-state index in [1.807, 2.05) is 0 Å². The van der Waals surface area contributed by atoms with Crippen molar-refractivity contribution in [3.05, 3.63) is 15.7 Å². The van der Waals surface area contributed by atoms with Gasteiger partial charge >= 0.3 is 0 Å². The zero-order valence-corrected chi connectivity index (χ0v) is 21.0. The van der Waals surface area contributed by atoms with Crippen LogP contribution < -0.4 is 20.3 Å². The van der Waals surface area contributed by atoms with E-state index in [0.29, 0.717) is 6.04 Å². The predicted octanol–water partition coefficient (Wildman–Crippen LogP) is 4.95. The van der Waals surface area contributed by atoms with Crippen LogP contribution >= 0.6 is 22.6 Å². The molecule has 3 heterocycles. The molecule has 0 amide bonds. The van der Waals surface area contributed by atoms with Crippen molar-refractivity contribution in [1.29, 1.82) is 0 Å². The fraction of sp³-hybridized carbons (Fsp3) is 0.652. The summed E-state index contributed by atoms with van der Waals surface area (Å²) in [5.41, 5.74) is 1.13. The number of nitrogens with one attached hydrogen (secondary N) is 2. The van der Waals surface area contributed by atoms with Crippen LogP contribution in [0.25, 0.3) is 10.9 Å². The van der Waals surface area contributed by atoms with Crippen molar-refractivity contribution >= 4 is 45.3 Å². The third kappa shape index (κ3) is 4.77. The quantitative estimate of drug-likeness (QED) is 0.553. The number of hydrogen-bond acceptors (Lipinski definition) is 6. The normalized spacial score (nSPS) is 21.6. The average Bonchev–Trinajstić information content (AvgIpc) is 2.65. The maximum atomic E-state index is 5.60. The number of ether oxygens (including phenoxy) is 1. The number of rotatable bonds is 4. The summed E-state index contributed by atoms with van der Waals surface area (Å²) in [5.74, 6) is 2.64. The Morgan fingerprint density at radius 1 is 1.07 bits per heavy atom. The minimum absolute atomic E-state index is 0.0744. The molecule has 0 saturated carbocycles. The number of halogens is 1. The summed E-state index contributed by atoms with van der Waals surface area (Å²) < 4.78 is 6.67. The van der Waals surface area contributed by atoms with Crippen LogP contribution in [0.5, 0.6) is 5.75 Å². The number of fused-ring (bicyclic) bond motifs is 1. The number of hydrogen-bond donors (Lipinski definition) is 2. The van der Waals surface area contributed by atoms with E-state index in [-0.39, 0.29) is 11.1 Å². The first-order chi connectivity index (χ1) is 14.2. The van der Waals surface area contributed by atoms with Gasteiger partial charge < -0.3 is 20.3 Å². The molecule has 2 aromatic rings. The van der Waals surface area contributed by atoms with E-state index in [2.05, 4.69) is 78.0 Å². The van der Waals surface area contributed by atoms with Crippen LogP contribution in [0, 0.1) is 3.57 Å². The van der Waals surface area contributed by atoms with Gasteiger partial charge in [-0.2, -0.15) is 4.98 Å². The van der Waals surface area contributed by atoms with Crippen LogP contribution in [0.4, 0.5) is 11.8 Å². The summed E-state index contributed by atoms with van der Waals surface area (Å²) in [6.45, 7) is 11.2. The summed E-state index contributed by atoms with van der Waals surface area (Å²) in [6.07, 6.45) is 5.80. The molecule has 1 aromatic carbocycles. The van der Waals surface area contributed by atoms with Gasteiger partial charge in [0, 0.05) is 35.6 Å². The second-order valence-corrected chi connectivity index (χ2v) is 11.2. The lowest BCUT2D eigenvalue weighted by molar-refractivity contribution is 0.170. The van der Waals surface area contributed by atoms with Crippen molar-refractivity contribution in [1.82, 2.24) is 15.3 Å². The molecule has 1 aromatic heterocycles. The van der Waals surface area contributed by atoms with Gasteiger partial charge in [-0.3, -0.25) is 0 Å². The zero-order chi connectivity index (χ0) is 21.5. The fourth-order valence-corrected chi connectivity index (χ4v) is 5.91. The third-order valence-corrected chi connectivity index (χ3v) is 6.97. The summed E-state index contributed by atoms with van der Waals surface area (Å²) in [6, 6.07) is 4.54. The van der Waals surface area contributed by atoms with Crippen LogP contribution in [0.15, 0.2) is 12.1 Å². The number of aromatic nitrogens is 2. The van der Waals surface area contributed by atoms with E-state index in [1.165, 1.54) is 19.3 Å². The Bertz CT molecular complexity index is 907. The van der Waals surface area contributed by atoms with Crippen LogP contribution in [0.3, 0.4) is 0 Å². The molecule has 2 fully saturated rings. The maximum Gasteiger partial charge on any atom is 0.227 e. The molecule has 0 unspecified atom stereocenters. The number of nitrogens with zero attached hydrogens (tertiary/aromatic N) is 3. The van der Waals surface area contributed by atoms with Crippen molar-refractivity contribution in [2.24, 2.45) is 0 Å². The van der Waals surface area contributed by atoms with Crippen LogP contribution in [0.1, 0.15) is 59.8 Å². The second-order valence-electron chi connectivity index (χ2n) is 10.1. The van der Waals surface area contributed by atoms with Gasteiger partial charge in [-0.1, -0.05) is 0 Å². The summed E-state index contributed by atoms with van der Waals surface area (Å²) in [4.78, 5) is 12.3. The first kappa shape index (κ1) is 21.9. The predicted molar refractivity (Wildman–Crippen MR) is 133 cm³/mol. The molecule has 0 spiro atoms. The standard InChI is InChI=1S/C23H34IN5O/c1-22(2)13-15(14-23(3,4)28-22)25-20-16-11-19(30-5)17(24)12-18(16)26-21(27-20)29-9-7-6-8-10-29/h11-12,15,28H,6-10,13-14H2,1-5H3,(H,25,26,27). The molecule has 7 heteroatoms. The molecule has 4 rings (SSSR count). The largest absolute Gasteiger partial charge is 0.496 e. The SMILES string of the molecule is COc1cc2c(NC3CC(C)(C)NC(C)(C)C3)nc(N3CCCCC3)nc2cc1I. The number of methoxy groups -OCH3 is 1. The van der Waals surface area contributed by atoms with Crippen molar-refractivity contribution in [2.75, 3.05) is 30.4 Å². The van der Waals surface area contributed by atoms with E-state index in [0.717, 1.165) is 57.9 Å². The van der Waals surface area contributed by atoms with Gasteiger partial charge in [-0.15, -0.1) is 0 Å². The van der Waals surface area contributed by atoms with Crippen LogP contribution in [-0.4, -0.2) is 47.3 Å². The van der Waals surface area contributed by atoms with E-state index < -0.39 is 0 Å². The fourth-order valence-electron chi connectivity index (χ4n) is 5.24. The molecular formula is C23H34IN5O. The smallest absolute Gasteiger partial charge is 0.227 e. The molecule has 0 atom stereocenters. The van der Waals surface area contributed by atoms with Gasteiger partial charge in [0.2, 0.25) is 5.95 Å². The molecule has 30 heavy (non-hydrogen) atoms. The highest BCUT2D eigenvalue weighted by molar-refractivity contribution is 14.1. The minimum Gasteiger partial charge on any atom is -0.496 e. The van der Waals surface area contributed by atoms with Gasteiger partial charge in [0.1, 0.15) is 11.6 Å². The van der Waals surface area contributed by atoms with Crippen molar-refractivity contribution < 1.29 is 4.74 Å². The Balaban J connectivity index is 1.75. The molecule has 0 radical (unpaired) electrons. The van der Waals surface area contributed by atoms with E-state index in [1.54, 1.807) is 7.11 Å². The van der Waals surface area contributed by atoms with E-state index >= 15 is 0 Å². The number of piperidine rings is 2. The Morgan fingerprint density at radius 3 is 2.37 bits per heavy atom. The maximum absolute atomic E-state index is 5.60. The monoisotopic (exact) mass is 523 g/mol. The van der Waals surface area contributed by atoms with E-state index in [9.17, 15) is 0 Å². The molecule has 0 aliphatic carbocycles. The van der Waals surface area contributed by atoms with Gasteiger partial charge in [0.15, 0.2) is 0 Å². The third-order valence-electron chi connectivity index (χ3n) is 6.13. The van der Waals surface area contributed by atoms with Crippen LogP contribution in [-0.2, 0) is 0 Å². The molecule has 0 bridgehead atoms. The molecule has 2 aliphatic rings.